The van der Waals surface area contributed by atoms with E-state index in [1.807, 2.05) is 0 Å². The van der Waals surface area contributed by atoms with Crippen molar-refractivity contribution in [1.82, 2.24) is 5.32 Å². The summed E-state index contributed by atoms with van der Waals surface area (Å²) in [5, 5.41) is 3.60. The Kier molecular flexibility index (Phi) is 3.88. The first-order valence-corrected chi connectivity index (χ1v) is 6.77. The van der Waals surface area contributed by atoms with Crippen LogP contribution in [0.15, 0.2) is 0 Å². The summed E-state index contributed by atoms with van der Waals surface area (Å²) in [6.07, 6.45) is 6.57. The minimum absolute atomic E-state index is 0.0965. The zero-order valence-electron chi connectivity index (χ0n) is 10.7. The molecule has 1 spiro atoms. The highest BCUT2D eigenvalue weighted by Crippen LogP contribution is 2.37. The summed E-state index contributed by atoms with van der Waals surface area (Å²) >= 11 is 0. The van der Waals surface area contributed by atoms with Crippen LogP contribution in [0.25, 0.3) is 0 Å². The van der Waals surface area contributed by atoms with Crippen LogP contribution in [0, 0.1) is 0 Å². The Balaban J connectivity index is 2.08. The van der Waals surface area contributed by atoms with Crippen LogP contribution < -0.4 is 5.32 Å². The molecule has 1 N–H and O–H groups in total. The van der Waals surface area contributed by atoms with Crippen molar-refractivity contribution in [3.63, 3.8) is 0 Å². The lowest BCUT2D eigenvalue weighted by Gasteiger charge is -2.48. The number of ether oxygens (including phenoxy) is 2. The number of hydrogen-bond donors (Lipinski definition) is 1. The van der Waals surface area contributed by atoms with E-state index in [4.69, 9.17) is 9.47 Å². The molecule has 2 fully saturated rings. The Morgan fingerprint density at radius 2 is 1.88 bits per heavy atom. The molecular formula is C13H25NO2. The van der Waals surface area contributed by atoms with E-state index in [1.54, 1.807) is 0 Å². The van der Waals surface area contributed by atoms with E-state index in [-0.39, 0.29) is 11.3 Å². The Morgan fingerprint density at radius 3 is 2.62 bits per heavy atom. The topological polar surface area (TPSA) is 30.5 Å². The summed E-state index contributed by atoms with van der Waals surface area (Å²) in [4.78, 5) is 0. The van der Waals surface area contributed by atoms with E-state index in [2.05, 4.69) is 19.2 Å². The zero-order chi connectivity index (χ0) is 11.5. The fraction of sp³-hybridized carbons (Fsp3) is 1.00. The Bertz CT molecular complexity index is 218. The second kappa shape index (κ2) is 5.03. The normalized spacial score (nSPS) is 34.9. The highest BCUT2D eigenvalue weighted by Gasteiger charge is 2.43. The molecule has 0 aromatic rings. The lowest BCUT2D eigenvalue weighted by atomic mass is 9.88. The minimum Gasteiger partial charge on any atom is -0.381 e. The van der Waals surface area contributed by atoms with E-state index in [9.17, 15) is 0 Å². The predicted octanol–water partition coefficient (Wildman–Crippen LogP) is 2.45. The second-order valence-electron chi connectivity index (χ2n) is 5.13. The van der Waals surface area contributed by atoms with Gasteiger partial charge in [0, 0.05) is 19.6 Å². The third kappa shape index (κ3) is 2.41. The van der Waals surface area contributed by atoms with E-state index < -0.39 is 0 Å². The van der Waals surface area contributed by atoms with Gasteiger partial charge in [-0.25, -0.2) is 0 Å². The highest BCUT2D eigenvalue weighted by atomic mass is 16.5. The summed E-state index contributed by atoms with van der Waals surface area (Å²) in [6.45, 7) is 7.29. The van der Waals surface area contributed by atoms with Crippen LogP contribution >= 0.6 is 0 Å². The number of rotatable bonds is 2. The van der Waals surface area contributed by atoms with Crippen LogP contribution in [0.3, 0.4) is 0 Å². The zero-order valence-corrected chi connectivity index (χ0v) is 10.7. The molecule has 0 radical (unpaired) electrons. The molecule has 94 valence electrons. The molecule has 0 amide bonds. The van der Waals surface area contributed by atoms with Crippen molar-refractivity contribution in [2.45, 2.75) is 63.7 Å². The first kappa shape index (κ1) is 12.3. The summed E-state index contributed by atoms with van der Waals surface area (Å²) in [5.41, 5.74) is 0.0103. The van der Waals surface area contributed by atoms with Crippen molar-refractivity contribution in [3.8, 4) is 0 Å². The van der Waals surface area contributed by atoms with Gasteiger partial charge >= 0.3 is 0 Å². The van der Waals surface area contributed by atoms with Crippen LogP contribution in [0.5, 0.6) is 0 Å². The maximum Gasteiger partial charge on any atom is 0.122 e. The molecule has 2 aliphatic rings. The molecule has 3 heteroatoms. The van der Waals surface area contributed by atoms with Crippen LogP contribution in [0.4, 0.5) is 0 Å². The van der Waals surface area contributed by atoms with Crippen LogP contribution in [0.2, 0.25) is 0 Å². The van der Waals surface area contributed by atoms with Gasteiger partial charge in [-0.3, -0.25) is 5.32 Å². The third-order valence-electron chi connectivity index (χ3n) is 4.25. The van der Waals surface area contributed by atoms with Gasteiger partial charge in [0.05, 0.1) is 12.2 Å². The Hall–Kier alpha value is -0.120. The van der Waals surface area contributed by atoms with Crippen LogP contribution in [0.1, 0.15) is 52.4 Å². The van der Waals surface area contributed by atoms with Crippen molar-refractivity contribution in [2.75, 3.05) is 19.8 Å². The molecule has 16 heavy (non-hydrogen) atoms. The van der Waals surface area contributed by atoms with E-state index >= 15 is 0 Å². The van der Waals surface area contributed by atoms with Crippen molar-refractivity contribution in [3.05, 3.63) is 0 Å². The summed E-state index contributed by atoms with van der Waals surface area (Å²) in [5.74, 6) is 0. The minimum atomic E-state index is -0.0965. The number of nitrogens with one attached hydrogen (secondary N) is 1. The standard InChI is InChI=1S/C13H25NO2/c1-3-12(4-2)7-9-14-13(16-12)6-5-10-15-11-8-13/h14H,3-11H2,1-2H3. The molecule has 1 unspecified atom stereocenters. The van der Waals surface area contributed by atoms with Gasteiger partial charge in [-0.05, 0) is 32.1 Å². The molecule has 0 bridgehead atoms. The van der Waals surface area contributed by atoms with Gasteiger partial charge in [-0.2, -0.15) is 0 Å². The quantitative estimate of drug-likeness (QED) is 0.786. The highest BCUT2D eigenvalue weighted by molar-refractivity contribution is 4.92. The van der Waals surface area contributed by atoms with Gasteiger partial charge in [0.2, 0.25) is 0 Å². The maximum atomic E-state index is 6.49. The molecule has 0 aromatic heterocycles. The first-order chi connectivity index (χ1) is 7.74. The SMILES string of the molecule is CCC1(CC)CCNC2(CCCOCC2)O1. The summed E-state index contributed by atoms with van der Waals surface area (Å²) in [7, 11) is 0. The smallest absolute Gasteiger partial charge is 0.122 e. The van der Waals surface area contributed by atoms with Gasteiger partial charge in [0.1, 0.15) is 5.72 Å². The molecule has 2 aliphatic heterocycles. The maximum absolute atomic E-state index is 6.49. The molecule has 2 saturated heterocycles. The van der Waals surface area contributed by atoms with Crippen LogP contribution in [-0.4, -0.2) is 31.1 Å². The van der Waals surface area contributed by atoms with Crippen molar-refractivity contribution in [1.29, 1.82) is 0 Å². The molecular weight excluding hydrogens is 202 g/mol. The molecule has 0 aliphatic carbocycles. The summed E-state index contributed by atoms with van der Waals surface area (Å²) < 4.78 is 12.0. The average Bonchev–Trinajstić information content (AvgIpc) is 2.55. The van der Waals surface area contributed by atoms with Gasteiger partial charge < -0.3 is 9.47 Å². The average molecular weight is 227 g/mol. The third-order valence-corrected chi connectivity index (χ3v) is 4.25. The monoisotopic (exact) mass is 227 g/mol. The lowest BCUT2D eigenvalue weighted by molar-refractivity contribution is -0.209. The van der Waals surface area contributed by atoms with E-state index in [0.717, 1.165) is 58.3 Å². The van der Waals surface area contributed by atoms with E-state index in [0.29, 0.717) is 0 Å². The van der Waals surface area contributed by atoms with Crippen molar-refractivity contribution < 1.29 is 9.47 Å². The fourth-order valence-electron chi connectivity index (χ4n) is 2.97. The van der Waals surface area contributed by atoms with Crippen molar-refractivity contribution >= 4 is 0 Å². The van der Waals surface area contributed by atoms with E-state index in [1.165, 1.54) is 0 Å². The van der Waals surface area contributed by atoms with Crippen LogP contribution in [-0.2, 0) is 9.47 Å². The van der Waals surface area contributed by atoms with Gasteiger partial charge in [-0.1, -0.05) is 13.8 Å². The molecule has 0 aromatic carbocycles. The molecule has 3 nitrogen and oxygen atoms in total. The Morgan fingerprint density at radius 1 is 1.06 bits per heavy atom. The predicted molar refractivity (Wildman–Crippen MR) is 64.4 cm³/mol. The largest absolute Gasteiger partial charge is 0.381 e. The molecule has 1 atom stereocenters. The van der Waals surface area contributed by atoms with Crippen molar-refractivity contribution in [2.24, 2.45) is 0 Å². The second-order valence-corrected chi connectivity index (χ2v) is 5.13. The number of hydrogen-bond acceptors (Lipinski definition) is 3. The van der Waals surface area contributed by atoms with Gasteiger partial charge in [0.25, 0.3) is 0 Å². The molecule has 2 heterocycles. The van der Waals surface area contributed by atoms with Gasteiger partial charge in [-0.15, -0.1) is 0 Å². The molecule has 0 saturated carbocycles. The Labute approximate surface area is 98.9 Å². The molecule has 2 rings (SSSR count). The lowest BCUT2D eigenvalue weighted by Crippen LogP contribution is -2.59. The summed E-state index contributed by atoms with van der Waals surface area (Å²) in [6, 6.07) is 0. The fourth-order valence-corrected chi connectivity index (χ4v) is 2.97. The first-order valence-electron chi connectivity index (χ1n) is 6.77. The van der Waals surface area contributed by atoms with Gasteiger partial charge in [0.15, 0.2) is 0 Å².